The van der Waals surface area contributed by atoms with Gasteiger partial charge in [-0.05, 0) is 29.5 Å². The second-order valence-corrected chi connectivity index (χ2v) is 5.31. The summed E-state index contributed by atoms with van der Waals surface area (Å²) in [7, 11) is 0. The molecule has 0 radical (unpaired) electrons. The third-order valence-electron chi connectivity index (χ3n) is 3.15. The van der Waals surface area contributed by atoms with Gasteiger partial charge in [0.15, 0.2) is 0 Å². The lowest BCUT2D eigenvalue weighted by Crippen LogP contribution is -2.02. The molecule has 0 aliphatic rings. The monoisotopic (exact) mass is 243 g/mol. The summed E-state index contributed by atoms with van der Waals surface area (Å²) in [6.07, 6.45) is 0. The smallest absolute Gasteiger partial charge is 0.127 e. The Labute approximate surface area is 109 Å². The fourth-order valence-corrected chi connectivity index (χ4v) is 1.90. The number of hydrogen-bond acceptors (Lipinski definition) is 2. The van der Waals surface area contributed by atoms with Gasteiger partial charge in [-0.2, -0.15) is 5.10 Å². The lowest BCUT2D eigenvalue weighted by molar-refractivity contribution is 0.770. The van der Waals surface area contributed by atoms with E-state index in [0.717, 1.165) is 11.4 Å². The molecule has 18 heavy (non-hydrogen) atoms. The topological polar surface area (TPSA) is 43.8 Å². The third-order valence-corrected chi connectivity index (χ3v) is 3.15. The van der Waals surface area contributed by atoms with E-state index in [-0.39, 0.29) is 0 Å². The normalized spacial score (nSPS) is 11.4. The number of aromatic nitrogens is 2. The maximum Gasteiger partial charge on any atom is 0.127 e. The van der Waals surface area contributed by atoms with E-state index in [9.17, 15) is 0 Å². The molecule has 0 unspecified atom stereocenters. The highest BCUT2D eigenvalue weighted by Crippen LogP contribution is 2.21. The molecule has 3 heteroatoms. The second kappa shape index (κ2) is 4.84. The lowest BCUT2D eigenvalue weighted by Gasteiger charge is -2.08. The average Bonchev–Trinajstić information content (AvgIpc) is 2.71. The van der Waals surface area contributed by atoms with Crippen LogP contribution in [0.2, 0.25) is 0 Å². The molecular formula is C15H21N3. The molecule has 2 N–H and O–H groups in total. The van der Waals surface area contributed by atoms with E-state index in [2.05, 4.69) is 57.1 Å². The zero-order chi connectivity index (χ0) is 13.3. The predicted molar refractivity (Wildman–Crippen MR) is 76.2 cm³/mol. The molecule has 0 spiro atoms. The van der Waals surface area contributed by atoms with Gasteiger partial charge in [0.1, 0.15) is 5.82 Å². The van der Waals surface area contributed by atoms with Crippen LogP contribution in [0, 0.1) is 0 Å². The maximum absolute atomic E-state index is 6.01. The van der Waals surface area contributed by atoms with E-state index in [0.29, 0.717) is 17.7 Å². The molecule has 1 aromatic carbocycles. The quantitative estimate of drug-likeness (QED) is 0.893. The van der Waals surface area contributed by atoms with Crippen molar-refractivity contribution in [2.24, 2.45) is 0 Å². The summed E-state index contributed by atoms with van der Waals surface area (Å²) in [5, 5.41) is 4.55. The first kappa shape index (κ1) is 12.7. The molecule has 1 aromatic heterocycles. The Morgan fingerprint density at radius 2 is 1.61 bits per heavy atom. The molecule has 1 heterocycles. The summed E-state index contributed by atoms with van der Waals surface area (Å²) in [6, 6.07) is 10.4. The molecule has 0 amide bonds. The Morgan fingerprint density at radius 1 is 1.00 bits per heavy atom. The predicted octanol–water partition coefficient (Wildman–Crippen LogP) is 3.70. The molecule has 0 saturated heterocycles. The SMILES string of the molecule is CC(C)c1ccc(-n2nc(C(C)C)cc2N)cc1. The van der Waals surface area contributed by atoms with Crippen LogP contribution in [0.4, 0.5) is 5.82 Å². The average molecular weight is 243 g/mol. The largest absolute Gasteiger partial charge is 0.384 e. The number of nitrogens with two attached hydrogens (primary N) is 1. The van der Waals surface area contributed by atoms with Crippen LogP contribution in [0.5, 0.6) is 0 Å². The molecule has 0 saturated carbocycles. The summed E-state index contributed by atoms with van der Waals surface area (Å²) < 4.78 is 1.80. The van der Waals surface area contributed by atoms with Crippen molar-refractivity contribution in [2.45, 2.75) is 39.5 Å². The molecule has 2 aromatic rings. The van der Waals surface area contributed by atoms with Gasteiger partial charge in [-0.25, -0.2) is 4.68 Å². The molecule has 0 fully saturated rings. The van der Waals surface area contributed by atoms with Crippen molar-refractivity contribution in [1.29, 1.82) is 0 Å². The highest BCUT2D eigenvalue weighted by atomic mass is 15.3. The molecule has 0 bridgehead atoms. The van der Waals surface area contributed by atoms with Crippen molar-refractivity contribution >= 4 is 5.82 Å². The molecule has 0 aliphatic carbocycles. The zero-order valence-electron chi connectivity index (χ0n) is 11.5. The van der Waals surface area contributed by atoms with Gasteiger partial charge >= 0.3 is 0 Å². The first-order valence-electron chi connectivity index (χ1n) is 6.44. The Balaban J connectivity index is 2.36. The Morgan fingerprint density at radius 3 is 2.06 bits per heavy atom. The van der Waals surface area contributed by atoms with Gasteiger partial charge in [-0.3, -0.25) is 0 Å². The summed E-state index contributed by atoms with van der Waals surface area (Å²) in [5.41, 5.74) is 9.38. The fraction of sp³-hybridized carbons (Fsp3) is 0.400. The van der Waals surface area contributed by atoms with Gasteiger partial charge in [-0.15, -0.1) is 0 Å². The van der Waals surface area contributed by atoms with Gasteiger partial charge in [-0.1, -0.05) is 39.8 Å². The minimum atomic E-state index is 0.392. The van der Waals surface area contributed by atoms with Crippen molar-refractivity contribution in [3.05, 3.63) is 41.6 Å². The van der Waals surface area contributed by atoms with E-state index in [4.69, 9.17) is 5.73 Å². The first-order chi connectivity index (χ1) is 8.49. The van der Waals surface area contributed by atoms with Crippen molar-refractivity contribution in [3.8, 4) is 5.69 Å². The Hall–Kier alpha value is -1.77. The first-order valence-corrected chi connectivity index (χ1v) is 6.44. The number of benzene rings is 1. The van der Waals surface area contributed by atoms with Crippen LogP contribution in [-0.4, -0.2) is 9.78 Å². The lowest BCUT2D eigenvalue weighted by atomic mass is 10.0. The van der Waals surface area contributed by atoms with E-state index in [1.807, 2.05) is 6.07 Å². The van der Waals surface area contributed by atoms with Gasteiger partial charge in [0, 0.05) is 6.07 Å². The van der Waals surface area contributed by atoms with Crippen LogP contribution in [0.15, 0.2) is 30.3 Å². The molecular weight excluding hydrogens is 222 g/mol. The van der Waals surface area contributed by atoms with Gasteiger partial charge in [0.2, 0.25) is 0 Å². The summed E-state index contributed by atoms with van der Waals surface area (Å²) in [6.45, 7) is 8.62. The number of rotatable bonds is 3. The second-order valence-electron chi connectivity index (χ2n) is 5.31. The minimum absolute atomic E-state index is 0.392. The Bertz CT molecular complexity index is 521. The van der Waals surface area contributed by atoms with Crippen molar-refractivity contribution in [1.82, 2.24) is 9.78 Å². The highest BCUT2D eigenvalue weighted by Gasteiger charge is 2.09. The van der Waals surface area contributed by atoms with E-state index in [1.165, 1.54) is 5.56 Å². The molecule has 3 nitrogen and oxygen atoms in total. The van der Waals surface area contributed by atoms with Crippen LogP contribution in [0.25, 0.3) is 5.69 Å². The Kier molecular flexibility index (Phi) is 3.41. The van der Waals surface area contributed by atoms with Crippen molar-refractivity contribution < 1.29 is 0 Å². The molecule has 96 valence electrons. The molecule has 0 aliphatic heterocycles. The van der Waals surface area contributed by atoms with Crippen LogP contribution in [-0.2, 0) is 0 Å². The number of anilines is 1. The standard InChI is InChI=1S/C15H21N3/c1-10(2)12-5-7-13(8-6-12)18-15(16)9-14(17-18)11(3)4/h5-11H,16H2,1-4H3. The van der Waals surface area contributed by atoms with Gasteiger partial charge < -0.3 is 5.73 Å². The van der Waals surface area contributed by atoms with Crippen molar-refractivity contribution in [3.63, 3.8) is 0 Å². The van der Waals surface area contributed by atoms with E-state index < -0.39 is 0 Å². The summed E-state index contributed by atoms with van der Waals surface area (Å²) in [4.78, 5) is 0. The van der Waals surface area contributed by atoms with Crippen LogP contribution in [0.1, 0.15) is 50.8 Å². The fourth-order valence-electron chi connectivity index (χ4n) is 1.90. The van der Waals surface area contributed by atoms with E-state index >= 15 is 0 Å². The number of nitrogen functional groups attached to an aromatic ring is 1. The molecule has 2 rings (SSSR count). The van der Waals surface area contributed by atoms with Crippen LogP contribution in [0.3, 0.4) is 0 Å². The minimum Gasteiger partial charge on any atom is -0.384 e. The number of hydrogen-bond donors (Lipinski definition) is 1. The molecule has 0 atom stereocenters. The van der Waals surface area contributed by atoms with E-state index in [1.54, 1.807) is 4.68 Å². The summed E-state index contributed by atoms with van der Waals surface area (Å²) in [5.74, 6) is 1.62. The third kappa shape index (κ3) is 2.40. The number of nitrogens with zero attached hydrogens (tertiary/aromatic N) is 2. The maximum atomic E-state index is 6.01. The van der Waals surface area contributed by atoms with Gasteiger partial charge in [0.25, 0.3) is 0 Å². The van der Waals surface area contributed by atoms with Crippen molar-refractivity contribution in [2.75, 3.05) is 5.73 Å². The highest BCUT2D eigenvalue weighted by molar-refractivity contribution is 5.44. The van der Waals surface area contributed by atoms with Crippen LogP contribution >= 0.6 is 0 Å². The summed E-state index contributed by atoms with van der Waals surface area (Å²) >= 11 is 0. The van der Waals surface area contributed by atoms with Crippen LogP contribution < -0.4 is 5.73 Å². The van der Waals surface area contributed by atoms with Gasteiger partial charge in [0.05, 0.1) is 11.4 Å². The zero-order valence-corrected chi connectivity index (χ0v) is 11.5.